The summed E-state index contributed by atoms with van der Waals surface area (Å²) in [7, 11) is 1.64. The first-order chi connectivity index (χ1) is 10.1. The molecule has 0 saturated carbocycles. The van der Waals surface area contributed by atoms with Crippen molar-refractivity contribution in [3.05, 3.63) is 58.1 Å². The third kappa shape index (κ3) is 4.23. The van der Waals surface area contributed by atoms with Gasteiger partial charge < -0.3 is 15.8 Å². The molecule has 0 unspecified atom stereocenters. The first-order valence-electron chi connectivity index (χ1n) is 6.56. The molecule has 0 bridgehead atoms. The van der Waals surface area contributed by atoms with E-state index in [0.29, 0.717) is 17.8 Å². The number of methoxy groups -OCH3 is 1. The van der Waals surface area contributed by atoms with E-state index in [4.69, 9.17) is 10.5 Å². The highest BCUT2D eigenvalue weighted by atomic mass is 79.9. The van der Waals surface area contributed by atoms with Crippen molar-refractivity contribution in [2.24, 2.45) is 0 Å². The molecule has 2 rings (SSSR count). The summed E-state index contributed by atoms with van der Waals surface area (Å²) in [5.74, 6) is 0.721. The van der Waals surface area contributed by atoms with E-state index in [1.165, 1.54) is 0 Å². The molecule has 21 heavy (non-hydrogen) atoms. The maximum absolute atomic E-state index is 12.0. The van der Waals surface area contributed by atoms with Gasteiger partial charge in [-0.2, -0.15) is 0 Å². The summed E-state index contributed by atoms with van der Waals surface area (Å²) in [6, 6.07) is 12.9. The monoisotopic (exact) mass is 348 g/mol. The zero-order valence-corrected chi connectivity index (χ0v) is 13.3. The lowest BCUT2D eigenvalue weighted by atomic mass is 10.1. The third-order valence-corrected chi connectivity index (χ3v) is 3.81. The second-order valence-electron chi connectivity index (χ2n) is 4.59. The van der Waals surface area contributed by atoms with E-state index in [1.54, 1.807) is 25.3 Å². The standard InChI is InChI=1S/C16H17BrN2O2/c1-21-13-5-2-11(3-6-13)8-9-19-16(20)12-4-7-15(18)14(17)10-12/h2-7,10H,8-9,18H2,1H3,(H,19,20). The molecule has 0 aromatic heterocycles. The van der Waals surface area contributed by atoms with Crippen LogP contribution >= 0.6 is 15.9 Å². The number of nitrogens with two attached hydrogens (primary N) is 1. The topological polar surface area (TPSA) is 64.3 Å². The van der Waals surface area contributed by atoms with E-state index in [1.807, 2.05) is 24.3 Å². The van der Waals surface area contributed by atoms with Crippen molar-refractivity contribution < 1.29 is 9.53 Å². The maximum Gasteiger partial charge on any atom is 0.251 e. The van der Waals surface area contributed by atoms with Crippen LogP contribution in [0.4, 0.5) is 5.69 Å². The zero-order valence-electron chi connectivity index (χ0n) is 11.7. The van der Waals surface area contributed by atoms with Crippen LogP contribution in [-0.4, -0.2) is 19.6 Å². The number of hydrogen-bond donors (Lipinski definition) is 2. The van der Waals surface area contributed by atoms with E-state index in [-0.39, 0.29) is 5.91 Å². The molecule has 110 valence electrons. The van der Waals surface area contributed by atoms with Crippen LogP contribution in [0.3, 0.4) is 0 Å². The summed E-state index contributed by atoms with van der Waals surface area (Å²) in [6.45, 7) is 0.577. The number of nitrogens with one attached hydrogen (secondary N) is 1. The van der Waals surface area contributed by atoms with Crippen molar-refractivity contribution >= 4 is 27.5 Å². The first kappa shape index (κ1) is 15.4. The normalized spacial score (nSPS) is 10.2. The number of hydrogen-bond acceptors (Lipinski definition) is 3. The molecule has 0 fully saturated rings. The summed E-state index contributed by atoms with van der Waals surface area (Å²) in [5.41, 5.74) is 8.05. The SMILES string of the molecule is COc1ccc(CCNC(=O)c2ccc(N)c(Br)c2)cc1. The number of halogens is 1. The minimum Gasteiger partial charge on any atom is -0.497 e. The van der Waals surface area contributed by atoms with Gasteiger partial charge in [-0.3, -0.25) is 4.79 Å². The lowest BCUT2D eigenvalue weighted by Gasteiger charge is -2.07. The Morgan fingerprint density at radius 1 is 1.24 bits per heavy atom. The van der Waals surface area contributed by atoms with Crippen LogP contribution in [0, 0.1) is 0 Å². The predicted octanol–water partition coefficient (Wildman–Crippen LogP) is 3.01. The van der Waals surface area contributed by atoms with E-state index < -0.39 is 0 Å². The summed E-state index contributed by atoms with van der Waals surface area (Å²) in [6.07, 6.45) is 0.770. The van der Waals surface area contributed by atoms with Gasteiger partial charge in [0.25, 0.3) is 5.91 Å². The minimum absolute atomic E-state index is 0.107. The van der Waals surface area contributed by atoms with E-state index in [0.717, 1.165) is 22.2 Å². The van der Waals surface area contributed by atoms with Crippen molar-refractivity contribution in [3.63, 3.8) is 0 Å². The Morgan fingerprint density at radius 3 is 2.57 bits per heavy atom. The van der Waals surface area contributed by atoms with Crippen LogP contribution in [0.25, 0.3) is 0 Å². The quantitative estimate of drug-likeness (QED) is 0.816. The fraction of sp³-hybridized carbons (Fsp3) is 0.188. The molecule has 0 spiro atoms. The Morgan fingerprint density at radius 2 is 1.95 bits per heavy atom. The van der Waals surface area contributed by atoms with Gasteiger partial charge in [-0.15, -0.1) is 0 Å². The van der Waals surface area contributed by atoms with Gasteiger partial charge in [0.05, 0.1) is 7.11 Å². The highest BCUT2D eigenvalue weighted by Crippen LogP contribution is 2.20. The van der Waals surface area contributed by atoms with Crippen molar-refractivity contribution in [3.8, 4) is 5.75 Å². The summed E-state index contributed by atoms with van der Waals surface area (Å²) in [5, 5.41) is 2.89. The number of ether oxygens (including phenoxy) is 1. The molecule has 0 saturated heterocycles. The predicted molar refractivity (Wildman–Crippen MR) is 87.6 cm³/mol. The minimum atomic E-state index is -0.107. The Balaban J connectivity index is 1.87. The van der Waals surface area contributed by atoms with Crippen LogP contribution in [0.1, 0.15) is 15.9 Å². The summed E-state index contributed by atoms with van der Waals surface area (Å²) in [4.78, 5) is 12.0. The average molecular weight is 349 g/mol. The lowest BCUT2D eigenvalue weighted by molar-refractivity contribution is 0.0954. The van der Waals surface area contributed by atoms with Gasteiger partial charge in [0.1, 0.15) is 5.75 Å². The second-order valence-corrected chi connectivity index (χ2v) is 5.44. The molecular formula is C16H17BrN2O2. The molecule has 2 aromatic rings. The van der Waals surface area contributed by atoms with Crippen molar-refractivity contribution in [1.29, 1.82) is 0 Å². The molecule has 4 nitrogen and oxygen atoms in total. The van der Waals surface area contributed by atoms with Crippen molar-refractivity contribution in [2.75, 3.05) is 19.4 Å². The largest absolute Gasteiger partial charge is 0.497 e. The van der Waals surface area contributed by atoms with Gasteiger partial charge in [0.2, 0.25) is 0 Å². The molecule has 0 atom stereocenters. The first-order valence-corrected chi connectivity index (χ1v) is 7.35. The third-order valence-electron chi connectivity index (χ3n) is 3.12. The summed E-state index contributed by atoms with van der Waals surface area (Å²) < 4.78 is 5.83. The van der Waals surface area contributed by atoms with E-state index in [2.05, 4.69) is 21.2 Å². The number of carbonyl (C=O) groups is 1. The highest BCUT2D eigenvalue weighted by molar-refractivity contribution is 9.10. The molecule has 0 heterocycles. The fourth-order valence-corrected chi connectivity index (χ4v) is 2.26. The molecule has 0 aliphatic rings. The Kier molecular flexibility index (Phi) is 5.22. The van der Waals surface area contributed by atoms with E-state index >= 15 is 0 Å². The number of benzene rings is 2. The fourth-order valence-electron chi connectivity index (χ4n) is 1.88. The van der Waals surface area contributed by atoms with Crippen LogP contribution in [0.15, 0.2) is 46.9 Å². The molecule has 0 aliphatic heterocycles. The molecule has 0 aliphatic carbocycles. The van der Waals surface area contributed by atoms with Gasteiger partial charge >= 0.3 is 0 Å². The van der Waals surface area contributed by atoms with Crippen LogP contribution in [0.2, 0.25) is 0 Å². The van der Waals surface area contributed by atoms with Crippen LogP contribution < -0.4 is 15.8 Å². The number of carbonyl (C=O) groups excluding carboxylic acids is 1. The number of amides is 1. The number of nitrogen functional groups attached to an aromatic ring is 1. The second kappa shape index (κ2) is 7.13. The van der Waals surface area contributed by atoms with Crippen molar-refractivity contribution in [2.45, 2.75) is 6.42 Å². The maximum atomic E-state index is 12.0. The van der Waals surface area contributed by atoms with Gasteiger partial charge in [-0.05, 0) is 58.2 Å². The molecule has 0 radical (unpaired) electrons. The van der Waals surface area contributed by atoms with Gasteiger partial charge in [0, 0.05) is 22.3 Å². The molecule has 2 aromatic carbocycles. The number of anilines is 1. The zero-order chi connectivity index (χ0) is 15.2. The van der Waals surface area contributed by atoms with E-state index in [9.17, 15) is 4.79 Å². The summed E-state index contributed by atoms with van der Waals surface area (Å²) >= 11 is 3.32. The molecule has 3 N–H and O–H groups in total. The highest BCUT2D eigenvalue weighted by Gasteiger charge is 2.06. The van der Waals surface area contributed by atoms with Crippen molar-refractivity contribution in [1.82, 2.24) is 5.32 Å². The van der Waals surface area contributed by atoms with Crippen LogP contribution in [0.5, 0.6) is 5.75 Å². The smallest absolute Gasteiger partial charge is 0.251 e. The Bertz CT molecular complexity index is 627. The number of rotatable bonds is 5. The Hall–Kier alpha value is -2.01. The lowest BCUT2D eigenvalue weighted by Crippen LogP contribution is -2.25. The molecular weight excluding hydrogens is 332 g/mol. The van der Waals surface area contributed by atoms with Gasteiger partial charge in [-0.1, -0.05) is 12.1 Å². The van der Waals surface area contributed by atoms with Gasteiger partial charge in [-0.25, -0.2) is 0 Å². The average Bonchev–Trinajstić information content (AvgIpc) is 2.50. The molecule has 5 heteroatoms. The van der Waals surface area contributed by atoms with Gasteiger partial charge in [0.15, 0.2) is 0 Å². The molecule has 1 amide bonds. The van der Waals surface area contributed by atoms with Crippen LogP contribution in [-0.2, 0) is 6.42 Å². The Labute approximate surface area is 132 Å².